The van der Waals surface area contributed by atoms with Gasteiger partial charge in [0.25, 0.3) is 5.91 Å². The number of carbonyl (C=O) groups excluding carboxylic acids is 3. The summed E-state index contributed by atoms with van der Waals surface area (Å²) in [5.41, 5.74) is 0.132. The van der Waals surface area contributed by atoms with E-state index in [0.29, 0.717) is 17.7 Å². The first kappa shape index (κ1) is 17.4. The molecule has 0 aliphatic carbocycles. The number of nitrogens with one attached hydrogen (secondary N) is 1. The van der Waals surface area contributed by atoms with Gasteiger partial charge in [-0.1, -0.05) is 30.3 Å². The topological polar surface area (TPSA) is 66.5 Å². The molecule has 0 radical (unpaired) electrons. The van der Waals surface area contributed by atoms with Crippen LogP contribution in [0.15, 0.2) is 42.5 Å². The molecule has 2 heterocycles. The number of rotatable bonds is 6. The molecule has 1 atom stereocenters. The molecule has 1 aliphatic heterocycles. The van der Waals surface area contributed by atoms with Crippen LogP contribution in [0.5, 0.6) is 0 Å². The van der Waals surface area contributed by atoms with Gasteiger partial charge in [-0.25, -0.2) is 4.79 Å². The first-order chi connectivity index (χ1) is 11.9. The number of Topliss-reactive ketones (excluding diaryl/α,β-unsaturated/α-hetero) is 1. The standard InChI is InChI=1S/C19H20N2O3S/c1-13-8-9-16(25-13)15(22)12-21-17(23)19(2,20-18(21)24)11-10-14-6-4-3-5-7-14/h3-9H,10-12H2,1-2H3,(H,20,24)/t19-/m0/s1. The van der Waals surface area contributed by atoms with Crippen molar-refractivity contribution < 1.29 is 14.4 Å². The number of carbonyl (C=O) groups is 3. The molecule has 25 heavy (non-hydrogen) atoms. The highest BCUT2D eigenvalue weighted by molar-refractivity contribution is 7.14. The van der Waals surface area contributed by atoms with Gasteiger partial charge < -0.3 is 5.32 Å². The molecular formula is C19H20N2O3S. The van der Waals surface area contributed by atoms with E-state index >= 15 is 0 Å². The van der Waals surface area contributed by atoms with Crippen molar-refractivity contribution in [1.82, 2.24) is 10.2 Å². The molecule has 0 bridgehead atoms. The lowest BCUT2D eigenvalue weighted by molar-refractivity contribution is -0.130. The quantitative estimate of drug-likeness (QED) is 0.638. The Bertz CT molecular complexity index is 815. The fourth-order valence-corrected chi connectivity index (χ4v) is 3.70. The Morgan fingerprint density at radius 1 is 1.16 bits per heavy atom. The highest BCUT2D eigenvalue weighted by Gasteiger charge is 2.47. The van der Waals surface area contributed by atoms with Gasteiger partial charge in [0.1, 0.15) is 5.54 Å². The SMILES string of the molecule is Cc1ccc(C(=O)CN2C(=O)N[C@@](C)(CCc3ccccc3)C2=O)s1. The molecule has 0 unspecified atom stereocenters. The summed E-state index contributed by atoms with van der Waals surface area (Å²) >= 11 is 1.37. The zero-order valence-corrected chi connectivity index (χ0v) is 15.1. The second-order valence-electron chi connectivity index (χ2n) is 6.47. The number of imide groups is 1. The Morgan fingerprint density at radius 2 is 1.88 bits per heavy atom. The summed E-state index contributed by atoms with van der Waals surface area (Å²) in [5, 5.41) is 2.75. The Morgan fingerprint density at radius 3 is 2.52 bits per heavy atom. The van der Waals surface area contributed by atoms with Gasteiger partial charge in [-0.15, -0.1) is 11.3 Å². The molecular weight excluding hydrogens is 336 g/mol. The Balaban J connectivity index is 1.67. The van der Waals surface area contributed by atoms with Crippen LogP contribution in [0, 0.1) is 6.92 Å². The average Bonchev–Trinajstić information content (AvgIpc) is 3.12. The van der Waals surface area contributed by atoms with E-state index in [-0.39, 0.29) is 18.2 Å². The number of hydrogen-bond acceptors (Lipinski definition) is 4. The molecule has 1 aromatic carbocycles. The van der Waals surface area contributed by atoms with Crippen molar-refractivity contribution in [2.24, 2.45) is 0 Å². The molecule has 0 saturated carbocycles. The van der Waals surface area contributed by atoms with Gasteiger partial charge in [0.05, 0.1) is 11.4 Å². The molecule has 1 saturated heterocycles. The van der Waals surface area contributed by atoms with E-state index in [9.17, 15) is 14.4 Å². The number of amides is 3. The molecule has 3 amide bonds. The second-order valence-corrected chi connectivity index (χ2v) is 7.76. The number of hydrogen-bond donors (Lipinski definition) is 1. The Hall–Kier alpha value is -2.47. The molecule has 1 N–H and O–H groups in total. The van der Waals surface area contributed by atoms with E-state index in [1.165, 1.54) is 11.3 Å². The van der Waals surface area contributed by atoms with Crippen LogP contribution >= 0.6 is 11.3 Å². The number of ketones is 1. The minimum atomic E-state index is -0.974. The number of thiophene rings is 1. The van der Waals surface area contributed by atoms with Crippen LogP contribution in [-0.4, -0.2) is 34.7 Å². The van der Waals surface area contributed by atoms with E-state index in [0.717, 1.165) is 15.3 Å². The van der Waals surface area contributed by atoms with E-state index in [1.54, 1.807) is 13.0 Å². The highest BCUT2D eigenvalue weighted by atomic mass is 32.1. The summed E-state index contributed by atoms with van der Waals surface area (Å²) in [6.07, 6.45) is 1.17. The Labute approximate surface area is 150 Å². The van der Waals surface area contributed by atoms with Crippen molar-refractivity contribution in [2.75, 3.05) is 6.54 Å². The molecule has 1 aromatic heterocycles. The molecule has 130 valence electrons. The molecule has 0 spiro atoms. The molecule has 1 fully saturated rings. The number of aryl methyl sites for hydroxylation is 2. The number of nitrogens with zero attached hydrogens (tertiary/aromatic N) is 1. The molecule has 2 aromatic rings. The third kappa shape index (κ3) is 3.64. The smallest absolute Gasteiger partial charge is 0.323 e. The van der Waals surface area contributed by atoms with Crippen molar-refractivity contribution in [3.63, 3.8) is 0 Å². The number of benzene rings is 1. The van der Waals surface area contributed by atoms with Crippen molar-refractivity contribution in [3.8, 4) is 0 Å². The summed E-state index contributed by atoms with van der Waals surface area (Å²) < 4.78 is 0. The third-order valence-corrected chi connectivity index (χ3v) is 5.46. The molecule has 5 nitrogen and oxygen atoms in total. The average molecular weight is 356 g/mol. The zero-order chi connectivity index (χ0) is 18.0. The van der Waals surface area contributed by atoms with Gasteiger partial charge in [-0.2, -0.15) is 0 Å². The summed E-state index contributed by atoms with van der Waals surface area (Å²) in [5.74, 6) is -0.552. The minimum Gasteiger partial charge on any atom is -0.323 e. The monoisotopic (exact) mass is 356 g/mol. The first-order valence-electron chi connectivity index (χ1n) is 8.17. The maximum absolute atomic E-state index is 12.7. The van der Waals surface area contributed by atoms with E-state index in [4.69, 9.17) is 0 Å². The zero-order valence-electron chi connectivity index (χ0n) is 14.2. The maximum Gasteiger partial charge on any atom is 0.325 e. The van der Waals surface area contributed by atoms with Crippen LogP contribution in [0.2, 0.25) is 0 Å². The van der Waals surface area contributed by atoms with E-state index in [2.05, 4.69) is 5.32 Å². The predicted molar refractivity (Wildman–Crippen MR) is 96.8 cm³/mol. The van der Waals surface area contributed by atoms with Gasteiger partial charge in [0, 0.05) is 4.88 Å². The minimum absolute atomic E-state index is 0.214. The largest absolute Gasteiger partial charge is 0.325 e. The van der Waals surface area contributed by atoms with Crippen molar-refractivity contribution in [2.45, 2.75) is 32.2 Å². The predicted octanol–water partition coefficient (Wildman–Crippen LogP) is 3.18. The lowest BCUT2D eigenvalue weighted by atomic mass is 9.93. The van der Waals surface area contributed by atoms with Crippen LogP contribution in [0.1, 0.15) is 33.5 Å². The van der Waals surface area contributed by atoms with Crippen LogP contribution in [0.4, 0.5) is 4.79 Å². The summed E-state index contributed by atoms with van der Waals surface area (Å²) in [7, 11) is 0. The van der Waals surface area contributed by atoms with E-state index in [1.807, 2.05) is 43.3 Å². The van der Waals surface area contributed by atoms with Gasteiger partial charge in [0.15, 0.2) is 5.78 Å². The van der Waals surface area contributed by atoms with Gasteiger partial charge in [0.2, 0.25) is 0 Å². The van der Waals surface area contributed by atoms with Gasteiger partial charge >= 0.3 is 6.03 Å². The fraction of sp³-hybridized carbons (Fsp3) is 0.316. The molecule has 1 aliphatic rings. The second kappa shape index (κ2) is 6.80. The summed E-state index contributed by atoms with van der Waals surface area (Å²) in [4.78, 5) is 39.9. The van der Waals surface area contributed by atoms with Gasteiger partial charge in [-0.3, -0.25) is 14.5 Å². The van der Waals surface area contributed by atoms with Crippen molar-refractivity contribution in [3.05, 3.63) is 57.8 Å². The molecule has 6 heteroatoms. The van der Waals surface area contributed by atoms with E-state index < -0.39 is 11.6 Å². The lowest BCUT2D eigenvalue weighted by Crippen LogP contribution is -2.44. The fourth-order valence-electron chi connectivity index (χ4n) is 2.91. The highest BCUT2D eigenvalue weighted by Crippen LogP contribution is 2.24. The van der Waals surface area contributed by atoms with Crippen LogP contribution in [0.25, 0.3) is 0 Å². The van der Waals surface area contributed by atoms with Crippen LogP contribution < -0.4 is 5.32 Å². The number of urea groups is 1. The Kier molecular flexibility index (Phi) is 4.72. The first-order valence-corrected chi connectivity index (χ1v) is 8.98. The molecule has 3 rings (SSSR count). The normalized spacial score (nSPS) is 20.0. The van der Waals surface area contributed by atoms with Crippen molar-refractivity contribution in [1.29, 1.82) is 0 Å². The lowest BCUT2D eigenvalue weighted by Gasteiger charge is -2.21. The van der Waals surface area contributed by atoms with Crippen LogP contribution in [-0.2, 0) is 11.2 Å². The summed E-state index contributed by atoms with van der Waals surface area (Å²) in [6.45, 7) is 3.41. The van der Waals surface area contributed by atoms with Crippen LogP contribution in [0.3, 0.4) is 0 Å². The van der Waals surface area contributed by atoms with Crippen molar-refractivity contribution >= 4 is 29.1 Å². The summed E-state index contributed by atoms with van der Waals surface area (Å²) in [6, 6.07) is 12.9. The third-order valence-electron chi connectivity index (χ3n) is 4.42. The van der Waals surface area contributed by atoms with Gasteiger partial charge in [-0.05, 0) is 44.4 Å². The maximum atomic E-state index is 12.7.